The minimum absolute atomic E-state index is 0.0697. The number of nitrogens with zero attached hydrogens (tertiary/aromatic N) is 2. The molecule has 3 rings (SSSR count). The van der Waals surface area contributed by atoms with Crippen molar-refractivity contribution in [1.29, 1.82) is 0 Å². The third kappa shape index (κ3) is 3.81. The highest BCUT2D eigenvalue weighted by molar-refractivity contribution is 7.99. The Morgan fingerprint density at radius 3 is 2.73 bits per heavy atom. The molecule has 1 amide bonds. The predicted octanol–water partition coefficient (Wildman–Crippen LogP) is 3.64. The highest BCUT2D eigenvalue weighted by Gasteiger charge is 2.17. The lowest BCUT2D eigenvalue weighted by Crippen LogP contribution is -2.24. The lowest BCUT2D eigenvalue weighted by atomic mass is 10.1. The Kier molecular flexibility index (Phi) is 5.73. The summed E-state index contributed by atoms with van der Waals surface area (Å²) in [6.45, 7) is 2.57. The first-order valence-electron chi connectivity index (χ1n) is 8.20. The molecule has 1 aromatic carbocycles. The molecule has 0 spiro atoms. The third-order valence-electron chi connectivity index (χ3n) is 3.89. The summed E-state index contributed by atoms with van der Waals surface area (Å²) in [5.74, 6) is -0.707. The number of aromatic nitrogens is 2. The minimum atomic E-state index is -0.454. The van der Waals surface area contributed by atoms with E-state index < -0.39 is 5.91 Å². The number of unbranched alkanes of at least 4 members (excludes halogenated alkanes) is 1. The van der Waals surface area contributed by atoms with E-state index in [1.807, 2.05) is 12.3 Å². The van der Waals surface area contributed by atoms with Crippen molar-refractivity contribution >= 4 is 39.2 Å². The molecule has 2 aromatic heterocycles. The first kappa shape index (κ1) is 18.6. The second-order valence-electron chi connectivity index (χ2n) is 5.80. The number of fused-ring (bicyclic) bond motifs is 1. The van der Waals surface area contributed by atoms with E-state index in [0.29, 0.717) is 21.9 Å². The number of amides is 1. The van der Waals surface area contributed by atoms with E-state index in [2.05, 4.69) is 4.98 Å². The number of thioether (sulfide) groups is 1. The summed E-state index contributed by atoms with van der Waals surface area (Å²) in [5.41, 5.74) is 6.61. The molecule has 0 unspecified atom stereocenters. The Labute approximate surface area is 158 Å². The maximum atomic E-state index is 13.2. The molecule has 0 bridgehead atoms. The van der Waals surface area contributed by atoms with Crippen LogP contribution in [-0.2, 0) is 11.3 Å². The molecular weight excluding hydrogens is 373 g/mol. The molecule has 3 aromatic rings. The van der Waals surface area contributed by atoms with Gasteiger partial charge in [-0.25, -0.2) is 9.37 Å². The first-order valence-corrected chi connectivity index (χ1v) is 10.1. The number of benzene rings is 1. The van der Waals surface area contributed by atoms with Gasteiger partial charge in [0, 0.05) is 17.5 Å². The lowest BCUT2D eigenvalue weighted by Gasteiger charge is -2.11. The zero-order valence-corrected chi connectivity index (χ0v) is 15.8. The summed E-state index contributed by atoms with van der Waals surface area (Å²) in [6.07, 6.45) is 1.76. The van der Waals surface area contributed by atoms with Crippen molar-refractivity contribution in [3.8, 4) is 11.1 Å². The van der Waals surface area contributed by atoms with Crippen LogP contribution >= 0.6 is 23.1 Å². The second kappa shape index (κ2) is 8.01. The second-order valence-corrected chi connectivity index (χ2v) is 7.60. The number of hydrogen-bond acceptors (Lipinski definition) is 5. The molecule has 0 aliphatic rings. The van der Waals surface area contributed by atoms with E-state index in [1.165, 1.54) is 35.2 Å². The quantitative estimate of drug-likeness (QED) is 0.493. The van der Waals surface area contributed by atoms with E-state index in [4.69, 9.17) is 5.73 Å². The number of nitrogens with two attached hydrogens (primary N) is 1. The fraction of sp³-hybridized carbons (Fsp3) is 0.278. The maximum absolute atomic E-state index is 13.2. The van der Waals surface area contributed by atoms with Gasteiger partial charge in [-0.3, -0.25) is 14.2 Å². The van der Waals surface area contributed by atoms with Crippen LogP contribution in [0.15, 0.2) is 39.6 Å². The van der Waals surface area contributed by atoms with Crippen molar-refractivity contribution in [2.75, 3.05) is 5.75 Å². The normalized spacial score (nSPS) is 11.2. The Hall–Kier alpha value is -2.19. The van der Waals surface area contributed by atoms with Gasteiger partial charge in [0.2, 0.25) is 5.91 Å². The van der Waals surface area contributed by atoms with Gasteiger partial charge in [0.05, 0.1) is 11.1 Å². The van der Waals surface area contributed by atoms with Crippen LogP contribution in [-0.4, -0.2) is 21.2 Å². The number of halogens is 1. The number of primary amides is 1. The molecule has 0 fully saturated rings. The topological polar surface area (TPSA) is 78.0 Å². The smallest absolute Gasteiger partial charge is 0.263 e. The molecule has 136 valence electrons. The van der Waals surface area contributed by atoms with Crippen molar-refractivity contribution in [2.45, 2.75) is 31.5 Å². The summed E-state index contributed by atoms with van der Waals surface area (Å²) < 4.78 is 14.8. The fourth-order valence-electron chi connectivity index (χ4n) is 2.61. The Bertz CT molecular complexity index is 996. The van der Waals surface area contributed by atoms with Gasteiger partial charge in [0.15, 0.2) is 5.16 Å². The van der Waals surface area contributed by atoms with Crippen LogP contribution in [0.25, 0.3) is 21.3 Å². The minimum Gasteiger partial charge on any atom is -0.369 e. The highest BCUT2D eigenvalue weighted by Crippen LogP contribution is 2.32. The molecule has 0 radical (unpaired) electrons. The first-order chi connectivity index (χ1) is 12.5. The van der Waals surface area contributed by atoms with Crippen LogP contribution in [0, 0.1) is 5.82 Å². The number of rotatable bonds is 7. The molecule has 0 saturated heterocycles. The zero-order valence-electron chi connectivity index (χ0n) is 14.2. The predicted molar refractivity (Wildman–Crippen MR) is 104 cm³/mol. The molecule has 8 heteroatoms. The van der Waals surface area contributed by atoms with E-state index in [-0.39, 0.29) is 17.1 Å². The molecule has 26 heavy (non-hydrogen) atoms. The molecule has 5 nitrogen and oxygen atoms in total. The van der Waals surface area contributed by atoms with Gasteiger partial charge < -0.3 is 5.73 Å². The maximum Gasteiger partial charge on any atom is 0.263 e. The number of thiophene rings is 1. The Morgan fingerprint density at radius 1 is 1.35 bits per heavy atom. The van der Waals surface area contributed by atoms with Gasteiger partial charge in [0.25, 0.3) is 5.56 Å². The third-order valence-corrected chi connectivity index (χ3v) is 5.76. The van der Waals surface area contributed by atoms with Crippen LogP contribution in [0.1, 0.15) is 19.8 Å². The standard InChI is InChI=1S/C18H18FN3O2S2/c1-2-3-8-22-17(24)15-13(11-4-6-12(19)7-5-11)9-25-16(15)21-18(22)26-10-14(20)23/h4-7,9H,2-3,8,10H2,1H3,(H2,20,23). The number of carbonyl (C=O) groups excluding carboxylic acids is 1. The molecule has 2 N–H and O–H groups in total. The van der Waals surface area contributed by atoms with Crippen molar-refractivity contribution in [2.24, 2.45) is 5.73 Å². The molecule has 0 aliphatic carbocycles. The summed E-state index contributed by atoms with van der Waals surface area (Å²) in [6, 6.07) is 6.06. The van der Waals surface area contributed by atoms with E-state index in [1.54, 1.807) is 16.7 Å². The van der Waals surface area contributed by atoms with Crippen molar-refractivity contribution in [3.05, 3.63) is 45.8 Å². The van der Waals surface area contributed by atoms with Gasteiger partial charge in [-0.1, -0.05) is 37.2 Å². The van der Waals surface area contributed by atoms with E-state index >= 15 is 0 Å². The SMILES string of the molecule is CCCCn1c(SCC(N)=O)nc2scc(-c3ccc(F)cc3)c2c1=O. The average molecular weight is 391 g/mol. The summed E-state index contributed by atoms with van der Waals surface area (Å²) in [7, 11) is 0. The van der Waals surface area contributed by atoms with Crippen LogP contribution < -0.4 is 11.3 Å². The van der Waals surface area contributed by atoms with Gasteiger partial charge >= 0.3 is 0 Å². The largest absolute Gasteiger partial charge is 0.369 e. The van der Waals surface area contributed by atoms with Gasteiger partial charge in [-0.15, -0.1) is 11.3 Å². The summed E-state index contributed by atoms with van der Waals surface area (Å²) in [5, 5.41) is 2.89. The number of carbonyl (C=O) groups is 1. The summed E-state index contributed by atoms with van der Waals surface area (Å²) in [4.78, 5) is 29.5. The van der Waals surface area contributed by atoms with Gasteiger partial charge in [-0.05, 0) is 24.1 Å². The van der Waals surface area contributed by atoms with Gasteiger partial charge in [-0.2, -0.15) is 0 Å². The van der Waals surface area contributed by atoms with Gasteiger partial charge in [0.1, 0.15) is 10.6 Å². The van der Waals surface area contributed by atoms with Crippen molar-refractivity contribution in [3.63, 3.8) is 0 Å². The summed E-state index contributed by atoms with van der Waals surface area (Å²) >= 11 is 2.54. The molecule has 0 atom stereocenters. The Balaban J connectivity index is 2.15. The van der Waals surface area contributed by atoms with Crippen LogP contribution in [0.4, 0.5) is 4.39 Å². The Morgan fingerprint density at radius 2 is 2.08 bits per heavy atom. The van der Waals surface area contributed by atoms with Crippen LogP contribution in [0.2, 0.25) is 0 Å². The molecule has 0 saturated carbocycles. The highest BCUT2D eigenvalue weighted by atomic mass is 32.2. The molecule has 2 heterocycles. The monoisotopic (exact) mass is 391 g/mol. The zero-order chi connectivity index (χ0) is 18.7. The van der Waals surface area contributed by atoms with Crippen molar-refractivity contribution < 1.29 is 9.18 Å². The van der Waals surface area contributed by atoms with Crippen LogP contribution in [0.5, 0.6) is 0 Å². The lowest BCUT2D eigenvalue weighted by molar-refractivity contribution is -0.115. The average Bonchev–Trinajstić information content (AvgIpc) is 3.04. The van der Waals surface area contributed by atoms with E-state index in [9.17, 15) is 14.0 Å². The van der Waals surface area contributed by atoms with E-state index in [0.717, 1.165) is 24.0 Å². The number of hydrogen-bond donors (Lipinski definition) is 1. The fourth-order valence-corrected chi connectivity index (χ4v) is 4.36. The molecular formula is C18H18FN3O2S2. The van der Waals surface area contributed by atoms with Crippen LogP contribution in [0.3, 0.4) is 0 Å². The van der Waals surface area contributed by atoms with Crippen molar-refractivity contribution in [1.82, 2.24) is 9.55 Å². The molecule has 0 aliphatic heterocycles.